The maximum absolute atomic E-state index is 13.2. The normalized spacial score (nSPS) is 11.8. The predicted molar refractivity (Wildman–Crippen MR) is 74.0 cm³/mol. The number of ether oxygens (including phenoxy) is 1. The van der Waals surface area contributed by atoms with Crippen molar-refractivity contribution >= 4 is 15.8 Å². The highest BCUT2D eigenvalue weighted by Crippen LogP contribution is 2.34. The van der Waals surface area contributed by atoms with Gasteiger partial charge in [0.2, 0.25) is 5.75 Å². The molecule has 0 amide bonds. The average Bonchev–Trinajstić information content (AvgIpc) is 2.45. The van der Waals surface area contributed by atoms with Crippen LogP contribution in [0.4, 0.5) is 23.2 Å². The van der Waals surface area contributed by atoms with E-state index in [9.17, 15) is 36.1 Å². The molecule has 0 atom stereocenters. The van der Waals surface area contributed by atoms with Gasteiger partial charge in [-0.2, -0.15) is 8.42 Å². The number of hydrogen-bond donors (Lipinski definition) is 0. The molecule has 0 aromatic heterocycles. The van der Waals surface area contributed by atoms with E-state index in [4.69, 9.17) is 0 Å². The molecule has 2 aromatic rings. The Bertz CT molecular complexity index is 913. The van der Waals surface area contributed by atoms with Crippen molar-refractivity contribution < 1.29 is 39.8 Å². The summed E-state index contributed by atoms with van der Waals surface area (Å²) < 4.78 is 82.7. The van der Waals surface area contributed by atoms with Crippen LogP contribution in [0.15, 0.2) is 47.4 Å². The van der Waals surface area contributed by atoms with E-state index >= 15 is 0 Å². The summed E-state index contributed by atoms with van der Waals surface area (Å²) in [6.07, 6.45) is -5.18. The summed E-state index contributed by atoms with van der Waals surface area (Å²) in [5.74, 6) is -3.14. The van der Waals surface area contributed by atoms with E-state index in [1.54, 1.807) is 0 Å². The van der Waals surface area contributed by atoms with E-state index < -0.39 is 49.3 Å². The Morgan fingerprint density at radius 2 is 1.68 bits per heavy atom. The maximum Gasteiger partial charge on any atom is 0.573 e. The molecule has 0 unspecified atom stereocenters. The van der Waals surface area contributed by atoms with Gasteiger partial charge in [-0.3, -0.25) is 10.1 Å². The monoisotopic (exact) mass is 381 g/mol. The molecule has 7 nitrogen and oxygen atoms in total. The van der Waals surface area contributed by atoms with Crippen molar-refractivity contribution in [3.05, 3.63) is 58.4 Å². The summed E-state index contributed by atoms with van der Waals surface area (Å²) in [6, 6.07) is 5.37. The van der Waals surface area contributed by atoms with Gasteiger partial charge in [0.05, 0.1) is 4.92 Å². The third-order valence-corrected chi connectivity index (χ3v) is 3.94. The SMILES string of the molecule is O=[N+]([O-])c1ccc(F)cc1OS(=O)(=O)c1ccccc1OC(F)(F)F. The lowest BCUT2D eigenvalue weighted by molar-refractivity contribution is -0.385. The molecule has 0 bridgehead atoms. The maximum atomic E-state index is 13.2. The van der Waals surface area contributed by atoms with E-state index in [1.807, 2.05) is 0 Å². The number of benzene rings is 2. The van der Waals surface area contributed by atoms with Crippen LogP contribution in [0.2, 0.25) is 0 Å². The fraction of sp³-hybridized carbons (Fsp3) is 0.0769. The Balaban J connectivity index is 2.48. The van der Waals surface area contributed by atoms with E-state index in [1.165, 1.54) is 0 Å². The number of rotatable bonds is 5. The van der Waals surface area contributed by atoms with Crippen LogP contribution in [-0.2, 0) is 10.1 Å². The third-order valence-electron chi connectivity index (χ3n) is 2.66. The molecule has 0 aliphatic carbocycles. The molecular formula is C13H7F4NO6S. The van der Waals surface area contributed by atoms with Crippen molar-refractivity contribution in [1.82, 2.24) is 0 Å². The first-order chi connectivity index (χ1) is 11.5. The largest absolute Gasteiger partial charge is 0.573 e. The minimum Gasteiger partial charge on any atom is -0.404 e. The molecule has 0 fully saturated rings. The first-order valence-corrected chi connectivity index (χ1v) is 7.63. The van der Waals surface area contributed by atoms with Gasteiger partial charge in [0.25, 0.3) is 0 Å². The molecule has 0 aliphatic rings. The number of nitro groups is 1. The molecule has 0 radical (unpaired) electrons. The second kappa shape index (κ2) is 6.55. The Morgan fingerprint density at radius 1 is 1.04 bits per heavy atom. The predicted octanol–water partition coefficient (Wildman–Crippen LogP) is 3.40. The molecule has 25 heavy (non-hydrogen) atoms. The zero-order valence-electron chi connectivity index (χ0n) is 11.9. The topological polar surface area (TPSA) is 95.7 Å². The van der Waals surface area contributed by atoms with Crippen LogP contribution in [0.1, 0.15) is 0 Å². The van der Waals surface area contributed by atoms with Gasteiger partial charge >= 0.3 is 22.2 Å². The van der Waals surface area contributed by atoms with Crippen LogP contribution in [0.3, 0.4) is 0 Å². The smallest absolute Gasteiger partial charge is 0.404 e. The van der Waals surface area contributed by atoms with Gasteiger partial charge in [0.1, 0.15) is 10.7 Å². The molecule has 0 heterocycles. The van der Waals surface area contributed by atoms with Crippen molar-refractivity contribution in [2.24, 2.45) is 0 Å². The van der Waals surface area contributed by atoms with Gasteiger partial charge in [-0.05, 0) is 18.2 Å². The molecular weight excluding hydrogens is 374 g/mol. The lowest BCUT2D eigenvalue weighted by Crippen LogP contribution is -2.20. The third kappa shape index (κ3) is 4.56. The molecule has 2 aromatic carbocycles. The van der Waals surface area contributed by atoms with Gasteiger partial charge < -0.3 is 8.92 Å². The number of nitrogens with zero attached hydrogens (tertiary/aromatic N) is 1. The molecule has 0 N–H and O–H groups in total. The van der Waals surface area contributed by atoms with Crippen LogP contribution in [0, 0.1) is 15.9 Å². The highest BCUT2D eigenvalue weighted by Gasteiger charge is 2.35. The minimum atomic E-state index is -5.18. The summed E-state index contributed by atoms with van der Waals surface area (Å²) in [5, 5.41) is 10.8. The zero-order chi connectivity index (χ0) is 18.8. The molecule has 12 heteroatoms. The Morgan fingerprint density at radius 3 is 2.28 bits per heavy atom. The fourth-order valence-electron chi connectivity index (χ4n) is 1.73. The Hall–Kier alpha value is -2.89. The van der Waals surface area contributed by atoms with Crippen LogP contribution in [-0.4, -0.2) is 19.7 Å². The number of para-hydroxylation sites is 1. The molecule has 2 rings (SSSR count). The van der Waals surface area contributed by atoms with Crippen molar-refractivity contribution in [2.45, 2.75) is 11.3 Å². The quantitative estimate of drug-likeness (QED) is 0.341. The van der Waals surface area contributed by atoms with Crippen LogP contribution in [0.25, 0.3) is 0 Å². The van der Waals surface area contributed by atoms with Crippen LogP contribution < -0.4 is 8.92 Å². The number of alkyl halides is 3. The van der Waals surface area contributed by atoms with Crippen molar-refractivity contribution in [3.63, 3.8) is 0 Å². The highest BCUT2D eigenvalue weighted by molar-refractivity contribution is 7.87. The van der Waals surface area contributed by atoms with Gasteiger partial charge in [-0.15, -0.1) is 13.2 Å². The summed E-state index contributed by atoms with van der Waals surface area (Å²) in [6.45, 7) is 0. The fourth-order valence-corrected chi connectivity index (χ4v) is 2.80. The average molecular weight is 381 g/mol. The number of halogens is 4. The summed E-state index contributed by atoms with van der Waals surface area (Å²) in [5.41, 5.74) is -0.890. The molecule has 0 saturated heterocycles. The number of nitro benzene ring substituents is 1. The van der Waals surface area contributed by atoms with Crippen molar-refractivity contribution in [1.29, 1.82) is 0 Å². The minimum absolute atomic E-state index is 0.420. The molecule has 134 valence electrons. The van der Waals surface area contributed by atoms with Gasteiger partial charge in [0.15, 0.2) is 5.75 Å². The second-order valence-electron chi connectivity index (χ2n) is 4.40. The standard InChI is InChI=1S/C13H7F4NO6S/c14-8-5-6-9(18(19)20)11(7-8)24-25(21,22)12-4-2-1-3-10(12)23-13(15,16)17/h1-7H. The highest BCUT2D eigenvalue weighted by atomic mass is 32.2. The number of hydrogen-bond acceptors (Lipinski definition) is 6. The van der Waals surface area contributed by atoms with E-state index in [0.29, 0.717) is 24.3 Å². The van der Waals surface area contributed by atoms with Crippen LogP contribution in [0.5, 0.6) is 11.5 Å². The second-order valence-corrected chi connectivity index (χ2v) is 5.92. The van der Waals surface area contributed by atoms with E-state index in [2.05, 4.69) is 8.92 Å². The van der Waals surface area contributed by atoms with E-state index in [-0.39, 0.29) is 0 Å². The van der Waals surface area contributed by atoms with E-state index in [0.717, 1.165) is 18.2 Å². The Kier molecular flexibility index (Phi) is 4.83. The van der Waals surface area contributed by atoms with Gasteiger partial charge in [0, 0.05) is 12.1 Å². The van der Waals surface area contributed by atoms with Crippen LogP contribution >= 0.6 is 0 Å². The van der Waals surface area contributed by atoms with Gasteiger partial charge in [-0.25, -0.2) is 4.39 Å². The lowest BCUT2D eigenvalue weighted by Gasteiger charge is -2.13. The van der Waals surface area contributed by atoms with Gasteiger partial charge in [-0.1, -0.05) is 12.1 Å². The Labute approximate surface area is 137 Å². The molecule has 0 aliphatic heterocycles. The lowest BCUT2D eigenvalue weighted by atomic mass is 10.3. The summed E-state index contributed by atoms with van der Waals surface area (Å²) in [4.78, 5) is 8.77. The van der Waals surface area contributed by atoms with Crippen molar-refractivity contribution in [2.75, 3.05) is 0 Å². The first kappa shape index (κ1) is 18.4. The summed E-state index contributed by atoms with van der Waals surface area (Å²) >= 11 is 0. The zero-order valence-corrected chi connectivity index (χ0v) is 12.7. The van der Waals surface area contributed by atoms with Crippen molar-refractivity contribution in [3.8, 4) is 11.5 Å². The summed E-state index contributed by atoms with van der Waals surface area (Å²) in [7, 11) is -4.99. The molecule has 0 saturated carbocycles. The first-order valence-electron chi connectivity index (χ1n) is 6.23. The molecule has 0 spiro atoms.